The third kappa shape index (κ3) is 1.81. The minimum atomic E-state index is 0.523. The summed E-state index contributed by atoms with van der Waals surface area (Å²) >= 11 is 3.43. The molecule has 2 heterocycles. The summed E-state index contributed by atoms with van der Waals surface area (Å²) in [4.78, 5) is 9.23. The molecule has 2 N–H and O–H groups in total. The zero-order chi connectivity index (χ0) is 13.7. The Morgan fingerprint density at radius 2 is 2.10 bits per heavy atom. The molecule has 4 rings (SSSR count). The van der Waals surface area contributed by atoms with Crippen LogP contribution in [0.3, 0.4) is 0 Å². The molecular weight excluding hydrogens is 316 g/mol. The number of halogens is 1. The molecule has 0 saturated heterocycles. The predicted molar refractivity (Wildman–Crippen MR) is 83.3 cm³/mol. The third-order valence-electron chi connectivity index (χ3n) is 3.62. The molecule has 100 valence electrons. The van der Waals surface area contributed by atoms with E-state index in [2.05, 4.69) is 25.5 Å². The summed E-state index contributed by atoms with van der Waals surface area (Å²) in [7, 11) is 0. The quantitative estimate of drug-likeness (QED) is 0.728. The minimum Gasteiger partial charge on any atom is -0.398 e. The van der Waals surface area contributed by atoms with Crippen LogP contribution in [0.4, 0.5) is 5.69 Å². The zero-order valence-corrected chi connectivity index (χ0v) is 12.3. The first-order valence-electron chi connectivity index (χ1n) is 6.62. The van der Waals surface area contributed by atoms with Crippen LogP contribution in [0.1, 0.15) is 18.9 Å². The van der Waals surface area contributed by atoms with Crippen LogP contribution in [0, 0.1) is 0 Å². The number of nitrogen functional groups attached to an aromatic ring is 1. The number of anilines is 1. The lowest BCUT2D eigenvalue weighted by molar-refractivity contribution is 0.766. The second kappa shape index (κ2) is 4.31. The summed E-state index contributed by atoms with van der Waals surface area (Å²) in [6.07, 6.45) is 4.21. The van der Waals surface area contributed by atoms with Gasteiger partial charge in [0.25, 0.3) is 0 Å². The number of hydrogen-bond acceptors (Lipinski definition) is 3. The van der Waals surface area contributed by atoms with Crippen LogP contribution >= 0.6 is 15.9 Å². The number of nitrogens with zero attached hydrogens (tertiary/aromatic N) is 3. The van der Waals surface area contributed by atoms with Crippen molar-refractivity contribution in [2.75, 3.05) is 5.73 Å². The van der Waals surface area contributed by atoms with Crippen molar-refractivity contribution in [2.45, 2.75) is 18.9 Å². The van der Waals surface area contributed by atoms with Gasteiger partial charge in [-0.1, -0.05) is 0 Å². The van der Waals surface area contributed by atoms with Crippen LogP contribution in [0.2, 0.25) is 0 Å². The summed E-state index contributed by atoms with van der Waals surface area (Å²) < 4.78 is 3.16. The summed E-state index contributed by atoms with van der Waals surface area (Å²) in [5.41, 5.74) is 9.66. The fourth-order valence-corrected chi connectivity index (χ4v) is 2.74. The Bertz CT molecular complexity index is 805. The SMILES string of the molecule is Nc1cc(-c2nc3cccnc3n2C2CC2)ccc1Br. The maximum atomic E-state index is 5.99. The summed E-state index contributed by atoms with van der Waals surface area (Å²) in [5.74, 6) is 0.959. The molecular formula is C15H13BrN4. The number of pyridine rings is 1. The Kier molecular flexibility index (Phi) is 2.57. The fraction of sp³-hybridized carbons (Fsp3) is 0.200. The molecule has 0 amide bonds. The second-order valence-corrected chi connectivity index (χ2v) is 5.97. The van der Waals surface area contributed by atoms with Gasteiger partial charge < -0.3 is 10.3 Å². The maximum absolute atomic E-state index is 5.99. The van der Waals surface area contributed by atoms with E-state index >= 15 is 0 Å². The number of aromatic nitrogens is 3. The van der Waals surface area contributed by atoms with Gasteiger partial charge in [-0.15, -0.1) is 0 Å². The Balaban J connectivity index is 1.98. The average molecular weight is 329 g/mol. The molecule has 2 aromatic heterocycles. The molecule has 1 fully saturated rings. The van der Waals surface area contributed by atoms with Crippen molar-refractivity contribution in [1.82, 2.24) is 14.5 Å². The molecule has 4 nitrogen and oxygen atoms in total. The average Bonchev–Trinajstić information content (AvgIpc) is 3.22. The molecule has 0 aliphatic heterocycles. The van der Waals surface area contributed by atoms with E-state index in [0.29, 0.717) is 6.04 Å². The van der Waals surface area contributed by atoms with Gasteiger partial charge in [-0.05, 0) is 59.1 Å². The van der Waals surface area contributed by atoms with Crippen LogP contribution < -0.4 is 5.73 Å². The summed E-state index contributed by atoms with van der Waals surface area (Å²) in [6, 6.07) is 10.4. The van der Waals surface area contributed by atoms with E-state index in [9.17, 15) is 0 Å². The van der Waals surface area contributed by atoms with E-state index in [0.717, 1.165) is 32.7 Å². The summed E-state index contributed by atoms with van der Waals surface area (Å²) in [5, 5.41) is 0. The van der Waals surface area contributed by atoms with E-state index in [-0.39, 0.29) is 0 Å². The lowest BCUT2D eigenvalue weighted by Gasteiger charge is -2.08. The predicted octanol–water partition coefficient (Wildman–Crippen LogP) is 3.78. The van der Waals surface area contributed by atoms with Gasteiger partial charge in [-0.25, -0.2) is 9.97 Å². The first-order chi connectivity index (χ1) is 9.74. The van der Waals surface area contributed by atoms with E-state index < -0.39 is 0 Å². The van der Waals surface area contributed by atoms with Crippen LogP contribution in [0.5, 0.6) is 0 Å². The highest BCUT2D eigenvalue weighted by atomic mass is 79.9. The molecule has 1 aliphatic rings. The van der Waals surface area contributed by atoms with Crippen molar-refractivity contribution < 1.29 is 0 Å². The Morgan fingerprint density at radius 3 is 2.85 bits per heavy atom. The molecule has 5 heteroatoms. The van der Waals surface area contributed by atoms with Crippen molar-refractivity contribution in [1.29, 1.82) is 0 Å². The Morgan fingerprint density at radius 1 is 1.25 bits per heavy atom. The fourth-order valence-electron chi connectivity index (χ4n) is 2.49. The van der Waals surface area contributed by atoms with Gasteiger partial charge in [0.2, 0.25) is 0 Å². The number of hydrogen-bond donors (Lipinski definition) is 1. The van der Waals surface area contributed by atoms with Gasteiger partial charge in [-0.2, -0.15) is 0 Å². The monoisotopic (exact) mass is 328 g/mol. The molecule has 1 saturated carbocycles. The number of benzene rings is 1. The Hall–Kier alpha value is -1.88. The number of rotatable bonds is 2. The second-order valence-electron chi connectivity index (χ2n) is 5.12. The summed E-state index contributed by atoms with van der Waals surface area (Å²) in [6.45, 7) is 0. The maximum Gasteiger partial charge on any atom is 0.160 e. The molecule has 0 atom stereocenters. The van der Waals surface area contributed by atoms with Crippen LogP contribution in [-0.4, -0.2) is 14.5 Å². The Labute approximate surface area is 124 Å². The highest BCUT2D eigenvalue weighted by Crippen LogP contribution is 2.41. The molecule has 20 heavy (non-hydrogen) atoms. The van der Waals surface area contributed by atoms with Crippen LogP contribution in [-0.2, 0) is 0 Å². The molecule has 1 aliphatic carbocycles. The smallest absolute Gasteiger partial charge is 0.160 e. The first kappa shape index (κ1) is 11.9. The molecule has 0 bridgehead atoms. The van der Waals surface area contributed by atoms with Gasteiger partial charge in [0.05, 0.1) is 0 Å². The number of imidazole rings is 1. The van der Waals surface area contributed by atoms with Crippen LogP contribution in [0.25, 0.3) is 22.6 Å². The lowest BCUT2D eigenvalue weighted by Crippen LogP contribution is -1.99. The van der Waals surface area contributed by atoms with Gasteiger partial charge in [-0.3, -0.25) is 0 Å². The van der Waals surface area contributed by atoms with E-state index in [1.807, 2.05) is 36.5 Å². The van der Waals surface area contributed by atoms with Crippen molar-refractivity contribution in [3.63, 3.8) is 0 Å². The van der Waals surface area contributed by atoms with E-state index in [1.165, 1.54) is 12.8 Å². The van der Waals surface area contributed by atoms with Gasteiger partial charge in [0.15, 0.2) is 5.65 Å². The van der Waals surface area contributed by atoms with Gasteiger partial charge >= 0.3 is 0 Å². The van der Waals surface area contributed by atoms with E-state index in [4.69, 9.17) is 10.7 Å². The molecule has 0 spiro atoms. The molecule has 0 unspecified atom stereocenters. The normalized spacial score (nSPS) is 14.8. The standard InChI is InChI=1S/C15H13BrN4/c16-11-6-3-9(8-12(11)17)14-19-13-2-1-7-18-15(13)20(14)10-4-5-10/h1-3,6-8,10H,4-5,17H2. The minimum absolute atomic E-state index is 0.523. The number of fused-ring (bicyclic) bond motifs is 1. The van der Waals surface area contributed by atoms with Gasteiger partial charge in [0.1, 0.15) is 11.3 Å². The zero-order valence-electron chi connectivity index (χ0n) is 10.8. The highest BCUT2D eigenvalue weighted by molar-refractivity contribution is 9.10. The van der Waals surface area contributed by atoms with Crippen molar-refractivity contribution in [3.05, 3.63) is 41.0 Å². The molecule has 0 radical (unpaired) electrons. The molecule has 3 aromatic rings. The topological polar surface area (TPSA) is 56.7 Å². The largest absolute Gasteiger partial charge is 0.398 e. The van der Waals surface area contributed by atoms with Crippen LogP contribution in [0.15, 0.2) is 41.0 Å². The number of nitrogens with two attached hydrogens (primary N) is 1. The van der Waals surface area contributed by atoms with Crippen molar-refractivity contribution >= 4 is 32.8 Å². The molecule has 1 aromatic carbocycles. The van der Waals surface area contributed by atoms with Crippen molar-refractivity contribution in [3.8, 4) is 11.4 Å². The highest BCUT2D eigenvalue weighted by Gasteiger charge is 2.29. The third-order valence-corrected chi connectivity index (χ3v) is 4.34. The van der Waals surface area contributed by atoms with Gasteiger partial charge in [0, 0.05) is 28.0 Å². The first-order valence-corrected chi connectivity index (χ1v) is 7.41. The van der Waals surface area contributed by atoms with Crippen molar-refractivity contribution in [2.24, 2.45) is 0 Å². The van der Waals surface area contributed by atoms with E-state index in [1.54, 1.807) is 0 Å². The lowest BCUT2D eigenvalue weighted by atomic mass is 10.2.